The van der Waals surface area contributed by atoms with Crippen molar-refractivity contribution in [3.63, 3.8) is 0 Å². The Morgan fingerprint density at radius 1 is 1.08 bits per heavy atom. The van der Waals surface area contributed by atoms with Gasteiger partial charge in [-0.3, -0.25) is 4.79 Å². The minimum absolute atomic E-state index is 0.192. The van der Waals surface area contributed by atoms with Gasteiger partial charge in [-0.2, -0.15) is 0 Å². The van der Waals surface area contributed by atoms with Gasteiger partial charge in [-0.05, 0) is 36.3 Å². The molecule has 0 spiro atoms. The first-order valence-corrected chi connectivity index (χ1v) is 10.3. The third-order valence-corrected chi connectivity index (χ3v) is 6.53. The lowest BCUT2D eigenvalue weighted by molar-refractivity contribution is -0.131. The minimum atomic E-state index is -0.266. The Kier molecular flexibility index (Phi) is 4.99. The summed E-state index contributed by atoms with van der Waals surface area (Å²) in [4.78, 5) is 25.0. The van der Waals surface area contributed by atoms with Crippen molar-refractivity contribution in [2.75, 3.05) is 13.1 Å². The molecule has 1 fully saturated rings. The second kappa shape index (κ2) is 7.54. The molecule has 1 aromatic carbocycles. The van der Waals surface area contributed by atoms with Crippen LogP contribution in [0.2, 0.25) is 0 Å². The van der Waals surface area contributed by atoms with Gasteiger partial charge in [0.05, 0.1) is 0 Å². The fraction of sp³-hybridized carbons (Fsp3) is 0.316. The second-order valence-corrected chi connectivity index (χ2v) is 8.10. The normalized spacial score (nSPS) is 16.1. The number of amides is 1. The summed E-state index contributed by atoms with van der Waals surface area (Å²) < 4.78 is 0. The number of hydrogen-bond donors (Lipinski definition) is 0. The van der Waals surface area contributed by atoms with Gasteiger partial charge in [-0.15, -0.1) is 11.3 Å². The molecule has 0 radical (unpaired) electrons. The molecule has 1 aliphatic heterocycles. The van der Waals surface area contributed by atoms with Gasteiger partial charge < -0.3 is 4.90 Å². The second-order valence-electron chi connectivity index (χ2n) is 6.11. The van der Waals surface area contributed by atoms with E-state index in [1.54, 1.807) is 29.4 Å². The van der Waals surface area contributed by atoms with E-state index in [1.165, 1.54) is 6.42 Å². The predicted molar refractivity (Wildman–Crippen MR) is 103 cm³/mol. The Bertz CT molecular complexity index is 859. The van der Waals surface area contributed by atoms with Crippen LogP contribution in [0.15, 0.2) is 53.1 Å². The van der Waals surface area contributed by atoms with Gasteiger partial charge in [0, 0.05) is 18.5 Å². The molecule has 1 saturated heterocycles. The van der Waals surface area contributed by atoms with E-state index >= 15 is 0 Å². The maximum atomic E-state index is 13.2. The summed E-state index contributed by atoms with van der Waals surface area (Å²) >= 11 is 3.14. The van der Waals surface area contributed by atoms with Gasteiger partial charge in [-0.1, -0.05) is 42.1 Å². The molecular formula is C19H19N3OS2. The molecule has 1 amide bonds. The molecule has 0 saturated carbocycles. The van der Waals surface area contributed by atoms with E-state index in [0.717, 1.165) is 46.7 Å². The maximum Gasteiger partial charge on any atom is 0.240 e. The van der Waals surface area contributed by atoms with Gasteiger partial charge in [0.1, 0.15) is 21.4 Å². The number of benzene rings is 1. The van der Waals surface area contributed by atoms with Crippen LogP contribution in [0.3, 0.4) is 0 Å². The molecule has 6 heteroatoms. The molecule has 25 heavy (non-hydrogen) atoms. The van der Waals surface area contributed by atoms with Crippen molar-refractivity contribution in [2.24, 2.45) is 0 Å². The average molecular weight is 370 g/mol. The Balaban J connectivity index is 1.68. The Morgan fingerprint density at radius 2 is 1.88 bits per heavy atom. The van der Waals surface area contributed by atoms with Crippen LogP contribution in [0.5, 0.6) is 0 Å². The van der Waals surface area contributed by atoms with Crippen LogP contribution >= 0.6 is 23.1 Å². The number of thioether (sulfide) groups is 1. The molecule has 1 aliphatic rings. The number of thiophene rings is 1. The zero-order valence-electron chi connectivity index (χ0n) is 13.8. The van der Waals surface area contributed by atoms with Crippen LogP contribution in [-0.4, -0.2) is 33.9 Å². The Hall–Kier alpha value is -1.92. The van der Waals surface area contributed by atoms with E-state index < -0.39 is 0 Å². The van der Waals surface area contributed by atoms with E-state index in [4.69, 9.17) is 0 Å². The van der Waals surface area contributed by atoms with Crippen LogP contribution in [0.1, 0.15) is 30.1 Å². The van der Waals surface area contributed by atoms with Crippen LogP contribution < -0.4 is 0 Å². The molecule has 3 heterocycles. The highest BCUT2D eigenvalue weighted by Gasteiger charge is 2.29. The highest BCUT2D eigenvalue weighted by atomic mass is 32.2. The fourth-order valence-electron chi connectivity index (χ4n) is 3.14. The summed E-state index contributed by atoms with van der Waals surface area (Å²) in [7, 11) is 0. The number of carbonyl (C=O) groups is 1. The average Bonchev–Trinajstić information content (AvgIpc) is 3.16. The van der Waals surface area contributed by atoms with Crippen LogP contribution in [0, 0.1) is 0 Å². The minimum Gasteiger partial charge on any atom is -0.341 e. The highest BCUT2D eigenvalue weighted by molar-refractivity contribution is 8.00. The number of hydrogen-bond acceptors (Lipinski definition) is 5. The van der Waals surface area contributed by atoms with Crippen molar-refractivity contribution >= 4 is 39.2 Å². The quantitative estimate of drug-likeness (QED) is 0.500. The number of rotatable bonds is 4. The monoisotopic (exact) mass is 369 g/mol. The molecular weight excluding hydrogens is 350 g/mol. The van der Waals surface area contributed by atoms with E-state index in [1.807, 2.05) is 46.7 Å². The SMILES string of the molecule is O=C([C@H](Sc1ncnc2sccc12)c1ccccc1)N1CCCCC1. The van der Waals surface area contributed by atoms with Crippen LogP contribution in [0.4, 0.5) is 0 Å². The molecule has 0 N–H and O–H groups in total. The summed E-state index contributed by atoms with van der Waals surface area (Å²) in [5.74, 6) is 0.192. The molecule has 4 rings (SSSR count). The molecule has 3 aromatic rings. The summed E-state index contributed by atoms with van der Waals surface area (Å²) in [5.41, 5.74) is 1.03. The predicted octanol–water partition coefficient (Wildman–Crippen LogP) is 4.54. The molecule has 0 bridgehead atoms. The number of piperidine rings is 1. The zero-order valence-corrected chi connectivity index (χ0v) is 15.4. The number of fused-ring (bicyclic) bond motifs is 1. The number of carbonyl (C=O) groups excluding carboxylic acids is 1. The molecule has 2 aromatic heterocycles. The number of nitrogens with zero attached hydrogens (tertiary/aromatic N) is 3. The first-order valence-electron chi connectivity index (χ1n) is 8.51. The summed E-state index contributed by atoms with van der Waals surface area (Å²) in [6.45, 7) is 1.72. The third-order valence-electron chi connectivity index (χ3n) is 4.45. The highest BCUT2D eigenvalue weighted by Crippen LogP contribution is 2.39. The lowest BCUT2D eigenvalue weighted by Gasteiger charge is -2.30. The van der Waals surface area contributed by atoms with Gasteiger partial charge in [0.15, 0.2) is 0 Å². The molecule has 128 valence electrons. The van der Waals surface area contributed by atoms with Gasteiger partial charge in [-0.25, -0.2) is 9.97 Å². The third kappa shape index (κ3) is 3.55. The lowest BCUT2D eigenvalue weighted by Crippen LogP contribution is -2.38. The van der Waals surface area contributed by atoms with E-state index in [9.17, 15) is 4.79 Å². The van der Waals surface area contributed by atoms with Crippen molar-refractivity contribution in [1.29, 1.82) is 0 Å². The van der Waals surface area contributed by atoms with E-state index in [2.05, 4.69) is 9.97 Å². The molecule has 4 nitrogen and oxygen atoms in total. The smallest absolute Gasteiger partial charge is 0.240 e. The fourth-order valence-corrected chi connectivity index (χ4v) is 5.11. The largest absolute Gasteiger partial charge is 0.341 e. The van der Waals surface area contributed by atoms with Gasteiger partial charge in [0.25, 0.3) is 0 Å². The maximum absolute atomic E-state index is 13.2. The van der Waals surface area contributed by atoms with Crippen LogP contribution in [-0.2, 0) is 4.79 Å². The van der Waals surface area contributed by atoms with Crippen molar-refractivity contribution in [3.05, 3.63) is 53.7 Å². The van der Waals surface area contributed by atoms with Crippen molar-refractivity contribution in [3.8, 4) is 0 Å². The summed E-state index contributed by atoms with van der Waals surface area (Å²) in [5, 5.41) is 3.67. The van der Waals surface area contributed by atoms with E-state index in [0.29, 0.717) is 0 Å². The summed E-state index contributed by atoms with van der Waals surface area (Å²) in [6, 6.07) is 12.1. The van der Waals surface area contributed by atoms with Gasteiger partial charge in [0.2, 0.25) is 5.91 Å². The summed E-state index contributed by atoms with van der Waals surface area (Å²) in [6.07, 6.45) is 5.00. The lowest BCUT2D eigenvalue weighted by atomic mass is 10.1. The van der Waals surface area contributed by atoms with Gasteiger partial charge >= 0.3 is 0 Å². The number of likely N-dealkylation sites (tertiary alicyclic amines) is 1. The first kappa shape index (κ1) is 16.5. The van der Waals surface area contributed by atoms with E-state index in [-0.39, 0.29) is 11.2 Å². The molecule has 1 atom stereocenters. The Labute approximate surface area is 155 Å². The van der Waals surface area contributed by atoms with Crippen molar-refractivity contribution in [1.82, 2.24) is 14.9 Å². The van der Waals surface area contributed by atoms with Crippen LogP contribution in [0.25, 0.3) is 10.2 Å². The Morgan fingerprint density at radius 3 is 2.68 bits per heavy atom. The molecule has 0 aliphatic carbocycles. The molecule has 0 unspecified atom stereocenters. The zero-order chi connectivity index (χ0) is 17.1. The van der Waals surface area contributed by atoms with Crippen molar-refractivity contribution < 1.29 is 4.79 Å². The van der Waals surface area contributed by atoms with Crippen molar-refractivity contribution in [2.45, 2.75) is 29.5 Å². The number of aromatic nitrogens is 2. The standard InChI is InChI=1S/C19H19N3OS2/c23-19(22-10-5-2-6-11-22)16(14-7-3-1-4-8-14)25-18-15-9-12-24-17(15)20-13-21-18/h1,3-4,7-9,12-13,16H,2,5-6,10-11H2/t16-/m1/s1. The first-order chi connectivity index (χ1) is 12.3. The topological polar surface area (TPSA) is 46.1 Å².